The molecule has 2 aromatic carbocycles. The van der Waals surface area contributed by atoms with Crippen molar-refractivity contribution in [1.82, 2.24) is 4.90 Å². The van der Waals surface area contributed by atoms with Crippen LogP contribution in [0, 0.1) is 0 Å². The van der Waals surface area contributed by atoms with Crippen LogP contribution >= 0.6 is 15.9 Å². The summed E-state index contributed by atoms with van der Waals surface area (Å²) in [5.74, 6) is -0.489. The second-order valence-electron chi connectivity index (χ2n) is 6.03. The molecule has 0 unspecified atom stereocenters. The maximum Gasteiger partial charge on any atom is 0.290 e. The van der Waals surface area contributed by atoms with Gasteiger partial charge in [-0.05, 0) is 34.1 Å². The predicted octanol–water partition coefficient (Wildman–Crippen LogP) is 4.05. The predicted molar refractivity (Wildman–Crippen MR) is 107 cm³/mol. The first-order valence-corrected chi connectivity index (χ1v) is 9.09. The molecule has 2 amide bonds. The smallest absolute Gasteiger partial charge is 0.290 e. The Labute approximate surface area is 165 Å². The summed E-state index contributed by atoms with van der Waals surface area (Å²) < 4.78 is 11.7. The number of anilines is 1. The van der Waals surface area contributed by atoms with E-state index in [2.05, 4.69) is 21.2 Å². The highest BCUT2D eigenvalue weighted by Crippen LogP contribution is 2.27. The van der Waals surface area contributed by atoms with Crippen LogP contribution in [-0.2, 0) is 16.1 Å². The van der Waals surface area contributed by atoms with Gasteiger partial charge in [0.2, 0.25) is 5.91 Å². The van der Waals surface area contributed by atoms with E-state index >= 15 is 0 Å². The normalized spacial score (nSPS) is 10.8. The van der Waals surface area contributed by atoms with Crippen LogP contribution in [0.4, 0.5) is 5.69 Å². The van der Waals surface area contributed by atoms with Gasteiger partial charge in [-0.1, -0.05) is 30.3 Å². The van der Waals surface area contributed by atoms with Crippen molar-refractivity contribution in [2.45, 2.75) is 6.61 Å². The number of nitrogens with one attached hydrogen (secondary N) is 1. The first-order valence-electron chi connectivity index (χ1n) is 8.30. The number of benzene rings is 2. The number of hydrogen-bond acceptors (Lipinski definition) is 4. The van der Waals surface area contributed by atoms with E-state index in [0.29, 0.717) is 16.8 Å². The van der Waals surface area contributed by atoms with Crippen LogP contribution in [0.5, 0.6) is 0 Å². The van der Waals surface area contributed by atoms with E-state index in [9.17, 15) is 9.59 Å². The Hall–Kier alpha value is -2.64. The van der Waals surface area contributed by atoms with Crippen molar-refractivity contribution in [3.05, 3.63) is 64.3 Å². The zero-order valence-electron chi connectivity index (χ0n) is 15.0. The van der Waals surface area contributed by atoms with E-state index < -0.39 is 0 Å². The number of nitrogens with zero attached hydrogens (tertiary/aromatic N) is 1. The van der Waals surface area contributed by atoms with E-state index in [1.807, 2.05) is 36.4 Å². The summed E-state index contributed by atoms with van der Waals surface area (Å²) in [6.07, 6.45) is 0. The van der Waals surface area contributed by atoms with Crippen LogP contribution in [-0.4, -0.2) is 37.4 Å². The van der Waals surface area contributed by atoms with E-state index in [4.69, 9.17) is 9.15 Å². The van der Waals surface area contributed by atoms with Crippen LogP contribution in [0.2, 0.25) is 0 Å². The van der Waals surface area contributed by atoms with Gasteiger partial charge in [0.15, 0.2) is 5.76 Å². The number of halogens is 1. The van der Waals surface area contributed by atoms with Gasteiger partial charge in [-0.2, -0.15) is 0 Å². The Morgan fingerprint density at radius 2 is 1.85 bits per heavy atom. The molecule has 1 N–H and O–H groups in total. The van der Waals surface area contributed by atoms with Crippen molar-refractivity contribution < 1.29 is 18.7 Å². The van der Waals surface area contributed by atoms with Crippen molar-refractivity contribution >= 4 is 44.4 Å². The highest BCUT2D eigenvalue weighted by atomic mass is 79.9. The third-order valence-corrected chi connectivity index (χ3v) is 4.75. The number of para-hydroxylation sites is 2. The molecule has 7 heteroatoms. The summed E-state index contributed by atoms with van der Waals surface area (Å²) in [4.78, 5) is 26.5. The SMILES string of the molecule is COCc1c(C(=O)N(C)CC(=O)Nc2ccccc2Br)oc2ccccc12. The molecule has 0 radical (unpaired) electrons. The summed E-state index contributed by atoms with van der Waals surface area (Å²) in [5.41, 5.74) is 1.93. The van der Waals surface area contributed by atoms with Gasteiger partial charge < -0.3 is 19.4 Å². The zero-order valence-corrected chi connectivity index (χ0v) is 16.6. The molecular weight excluding hydrogens is 412 g/mol. The third kappa shape index (κ3) is 4.20. The standard InChI is InChI=1S/C20H19BrN2O4/c1-23(11-18(24)22-16-9-5-4-8-15(16)21)20(25)19-14(12-26-2)13-7-3-6-10-17(13)27-19/h3-10H,11-12H2,1-2H3,(H,22,24). The van der Waals surface area contributed by atoms with Gasteiger partial charge in [-0.25, -0.2) is 0 Å². The highest BCUT2D eigenvalue weighted by molar-refractivity contribution is 9.10. The molecule has 140 valence electrons. The fourth-order valence-corrected chi connectivity index (χ4v) is 3.16. The quantitative estimate of drug-likeness (QED) is 0.639. The number of furan rings is 1. The van der Waals surface area contributed by atoms with Gasteiger partial charge >= 0.3 is 0 Å². The van der Waals surface area contributed by atoms with Gasteiger partial charge in [0.1, 0.15) is 5.58 Å². The number of rotatable bonds is 6. The van der Waals surface area contributed by atoms with Crippen LogP contribution < -0.4 is 5.32 Å². The largest absolute Gasteiger partial charge is 0.451 e. The molecule has 0 saturated heterocycles. The molecule has 0 spiro atoms. The molecule has 0 aliphatic rings. The first-order chi connectivity index (χ1) is 13.0. The molecule has 1 heterocycles. The van der Waals surface area contributed by atoms with Gasteiger partial charge in [0.25, 0.3) is 5.91 Å². The maximum absolute atomic E-state index is 12.9. The van der Waals surface area contributed by atoms with Crippen molar-refractivity contribution in [3.8, 4) is 0 Å². The van der Waals surface area contributed by atoms with Crippen LogP contribution in [0.25, 0.3) is 11.0 Å². The van der Waals surface area contributed by atoms with E-state index in [0.717, 1.165) is 9.86 Å². The second kappa shape index (κ2) is 8.37. The Kier molecular flexibility index (Phi) is 5.93. The summed E-state index contributed by atoms with van der Waals surface area (Å²) in [6.45, 7) is 0.138. The minimum atomic E-state index is -0.375. The van der Waals surface area contributed by atoms with Gasteiger partial charge in [-0.3, -0.25) is 9.59 Å². The number of ether oxygens (including phenoxy) is 1. The molecule has 0 fully saturated rings. The van der Waals surface area contributed by atoms with Crippen LogP contribution in [0.3, 0.4) is 0 Å². The molecule has 27 heavy (non-hydrogen) atoms. The van der Waals surface area contributed by atoms with Crippen molar-refractivity contribution in [2.75, 3.05) is 26.0 Å². The number of carbonyl (C=O) groups is 2. The monoisotopic (exact) mass is 430 g/mol. The second-order valence-corrected chi connectivity index (χ2v) is 6.88. The van der Waals surface area contributed by atoms with E-state index in [-0.39, 0.29) is 30.7 Å². The van der Waals surface area contributed by atoms with Crippen LogP contribution in [0.15, 0.2) is 57.4 Å². The fourth-order valence-electron chi connectivity index (χ4n) is 2.77. The molecule has 0 aliphatic carbocycles. The summed E-state index contributed by atoms with van der Waals surface area (Å²) in [7, 11) is 3.12. The summed E-state index contributed by atoms with van der Waals surface area (Å²) >= 11 is 3.38. The molecule has 0 saturated carbocycles. The Balaban J connectivity index is 1.77. The number of amides is 2. The minimum absolute atomic E-state index is 0.108. The number of likely N-dealkylation sites (N-methyl/N-ethyl adjacent to an activating group) is 1. The molecule has 0 aliphatic heterocycles. The lowest BCUT2D eigenvalue weighted by molar-refractivity contribution is -0.116. The molecular formula is C20H19BrN2O4. The third-order valence-electron chi connectivity index (χ3n) is 4.06. The lowest BCUT2D eigenvalue weighted by atomic mass is 10.1. The molecule has 3 aromatic rings. The Morgan fingerprint density at radius 3 is 2.59 bits per heavy atom. The maximum atomic E-state index is 12.9. The Bertz CT molecular complexity index is 983. The summed E-state index contributed by atoms with van der Waals surface area (Å²) in [6, 6.07) is 14.7. The van der Waals surface area contributed by atoms with Crippen molar-refractivity contribution in [3.63, 3.8) is 0 Å². The fraction of sp³-hybridized carbons (Fsp3) is 0.200. The van der Waals surface area contributed by atoms with E-state index in [1.54, 1.807) is 26.3 Å². The molecule has 3 rings (SSSR count). The average Bonchev–Trinajstić information content (AvgIpc) is 3.02. The van der Waals surface area contributed by atoms with Crippen molar-refractivity contribution in [2.24, 2.45) is 0 Å². The molecule has 6 nitrogen and oxygen atoms in total. The van der Waals surface area contributed by atoms with Gasteiger partial charge in [-0.15, -0.1) is 0 Å². The minimum Gasteiger partial charge on any atom is -0.451 e. The lowest BCUT2D eigenvalue weighted by Gasteiger charge is -2.16. The topological polar surface area (TPSA) is 71.8 Å². The summed E-state index contributed by atoms with van der Waals surface area (Å²) in [5, 5.41) is 3.61. The van der Waals surface area contributed by atoms with Gasteiger partial charge in [0, 0.05) is 29.6 Å². The number of fused-ring (bicyclic) bond motifs is 1. The molecule has 0 atom stereocenters. The Morgan fingerprint density at radius 1 is 1.15 bits per heavy atom. The van der Waals surface area contributed by atoms with E-state index in [1.165, 1.54) is 4.90 Å². The highest BCUT2D eigenvalue weighted by Gasteiger charge is 2.24. The van der Waals surface area contributed by atoms with Crippen molar-refractivity contribution in [1.29, 1.82) is 0 Å². The number of methoxy groups -OCH3 is 1. The van der Waals surface area contributed by atoms with Gasteiger partial charge in [0.05, 0.1) is 18.8 Å². The number of hydrogen-bond donors (Lipinski definition) is 1. The number of carbonyl (C=O) groups excluding carboxylic acids is 2. The van der Waals surface area contributed by atoms with Crippen LogP contribution in [0.1, 0.15) is 16.1 Å². The lowest BCUT2D eigenvalue weighted by Crippen LogP contribution is -2.35. The zero-order chi connectivity index (χ0) is 19.4. The molecule has 1 aromatic heterocycles. The average molecular weight is 431 g/mol. The first kappa shape index (κ1) is 19.1. The molecule has 0 bridgehead atoms.